The van der Waals surface area contributed by atoms with Gasteiger partial charge >= 0.3 is 0 Å². The molecule has 0 fully saturated rings. The van der Waals surface area contributed by atoms with Gasteiger partial charge in [0, 0.05) is 20.7 Å². The maximum absolute atomic E-state index is 5.99. The molecule has 3 nitrogen and oxygen atoms in total. The van der Waals surface area contributed by atoms with Crippen LogP contribution in [0.15, 0.2) is 40.9 Å². The van der Waals surface area contributed by atoms with E-state index >= 15 is 0 Å². The van der Waals surface area contributed by atoms with Crippen molar-refractivity contribution in [2.75, 3.05) is 5.73 Å². The first-order valence-electron chi connectivity index (χ1n) is 5.34. The Hall–Kier alpha value is -1.52. The Labute approximate surface area is 117 Å². The van der Waals surface area contributed by atoms with Crippen LogP contribution in [0.5, 0.6) is 0 Å². The molecule has 0 unspecified atom stereocenters. The fourth-order valence-corrected chi connectivity index (χ4v) is 2.38. The molecule has 0 saturated heterocycles. The number of hydrogen-bond acceptors (Lipinski definition) is 2. The zero-order chi connectivity index (χ0) is 12.7. The first-order chi connectivity index (χ1) is 8.63. The van der Waals surface area contributed by atoms with Crippen molar-refractivity contribution >= 4 is 44.3 Å². The Balaban J connectivity index is 2.22. The Bertz CT molecular complexity index is 736. The monoisotopic (exact) mass is 321 g/mol. The molecule has 0 amide bonds. The van der Waals surface area contributed by atoms with Crippen molar-refractivity contribution in [2.45, 2.75) is 0 Å². The molecule has 0 aliphatic rings. The van der Waals surface area contributed by atoms with Crippen molar-refractivity contribution in [3.8, 4) is 11.4 Å². The molecule has 1 heterocycles. The van der Waals surface area contributed by atoms with Crippen molar-refractivity contribution < 1.29 is 0 Å². The first kappa shape index (κ1) is 11.6. The number of anilines is 1. The van der Waals surface area contributed by atoms with Gasteiger partial charge in [-0.2, -0.15) is 0 Å². The number of aromatic amines is 1. The van der Waals surface area contributed by atoms with E-state index < -0.39 is 0 Å². The highest BCUT2D eigenvalue weighted by atomic mass is 79.9. The van der Waals surface area contributed by atoms with Gasteiger partial charge in [0.2, 0.25) is 0 Å². The number of nitrogens with two attached hydrogens (primary N) is 1. The van der Waals surface area contributed by atoms with Gasteiger partial charge in [0.25, 0.3) is 0 Å². The molecule has 5 heteroatoms. The summed E-state index contributed by atoms with van der Waals surface area (Å²) >= 11 is 9.42. The van der Waals surface area contributed by atoms with E-state index in [4.69, 9.17) is 17.3 Å². The molecular weight excluding hydrogens is 314 g/mol. The summed E-state index contributed by atoms with van der Waals surface area (Å²) in [4.78, 5) is 7.75. The third-order valence-electron chi connectivity index (χ3n) is 2.71. The molecule has 1 aromatic heterocycles. The molecular formula is C13H9BrClN3. The molecule has 18 heavy (non-hydrogen) atoms. The SMILES string of the molecule is Nc1ccc(Cl)cc1-c1nc2ccc(Br)cc2[nH]1. The van der Waals surface area contributed by atoms with Gasteiger partial charge < -0.3 is 10.7 Å². The van der Waals surface area contributed by atoms with Crippen LogP contribution in [0.4, 0.5) is 5.69 Å². The molecule has 0 saturated carbocycles. The molecule has 90 valence electrons. The maximum atomic E-state index is 5.99. The summed E-state index contributed by atoms with van der Waals surface area (Å²) in [6.45, 7) is 0. The Morgan fingerprint density at radius 3 is 2.83 bits per heavy atom. The van der Waals surface area contributed by atoms with Crippen LogP contribution in [0.3, 0.4) is 0 Å². The van der Waals surface area contributed by atoms with Gasteiger partial charge in [-0.3, -0.25) is 0 Å². The quantitative estimate of drug-likeness (QED) is 0.659. The van der Waals surface area contributed by atoms with E-state index in [-0.39, 0.29) is 0 Å². The fraction of sp³-hybridized carbons (Fsp3) is 0. The van der Waals surface area contributed by atoms with E-state index in [0.717, 1.165) is 26.9 Å². The third kappa shape index (κ3) is 1.98. The standard InChI is InChI=1S/C13H9BrClN3/c14-7-1-4-11-12(5-7)18-13(17-11)9-6-8(15)2-3-10(9)16/h1-6H,16H2,(H,17,18). The molecule has 0 radical (unpaired) electrons. The number of nitrogens with one attached hydrogen (secondary N) is 1. The minimum atomic E-state index is 0.640. The summed E-state index contributed by atoms with van der Waals surface area (Å²) in [5.74, 6) is 0.725. The smallest absolute Gasteiger partial charge is 0.140 e. The number of hydrogen-bond donors (Lipinski definition) is 2. The second-order valence-corrected chi connectivity index (χ2v) is 5.33. The third-order valence-corrected chi connectivity index (χ3v) is 3.44. The number of H-pyrrole nitrogens is 1. The Morgan fingerprint density at radius 2 is 2.00 bits per heavy atom. The summed E-state index contributed by atoms with van der Waals surface area (Å²) in [7, 11) is 0. The minimum absolute atomic E-state index is 0.640. The second-order valence-electron chi connectivity index (χ2n) is 3.98. The highest BCUT2D eigenvalue weighted by molar-refractivity contribution is 9.10. The molecule has 0 spiro atoms. The van der Waals surface area contributed by atoms with Gasteiger partial charge in [-0.05, 0) is 36.4 Å². The van der Waals surface area contributed by atoms with Crippen LogP contribution in [-0.2, 0) is 0 Å². The molecule has 0 aliphatic heterocycles. The van der Waals surface area contributed by atoms with Gasteiger partial charge in [-0.1, -0.05) is 27.5 Å². The number of aromatic nitrogens is 2. The van der Waals surface area contributed by atoms with Gasteiger partial charge in [-0.15, -0.1) is 0 Å². The van der Waals surface area contributed by atoms with Crippen LogP contribution in [0.25, 0.3) is 22.4 Å². The number of halogens is 2. The minimum Gasteiger partial charge on any atom is -0.398 e. The topological polar surface area (TPSA) is 54.7 Å². The molecule has 3 rings (SSSR count). The van der Waals surface area contributed by atoms with Crippen LogP contribution in [0.1, 0.15) is 0 Å². The lowest BCUT2D eigenvalue weighted by Gasteiger charge is -2.02. The highest BCUT2D eigenvalue weighted by Crippen LogP contribution is 2.29. The van der Waals surface area contributed by atoms with Crippen LogP contribution in [0, 0.1) is 0 Å². The van der Waals surface area contributed by atoms with Crippen LogP contribution in [-0.4, -0.2) is 9.97 Å². The predicted molar refractivity (Wildman–Crippen MR) is 78.7 cm³/mol. The van der Waals surface area contributed by atoms with Crippen molar-refractivity contribution in [3.05, 3.63) is 45.9 Å². The van der Waals surface area contributed by atoms with E-state index in [9.17, 15) is 0 Å². The lowest BCUT2D eigenvalue weighted by Crippen LogP contribution is -1.90. The molecule has 0 aliphatic carbocycles. The number of fused-ring (bicyclic) bond motifs is 1. The Morgan fingerprint density at radius 1 is 1.17 bits per heavy atom. The molecule has 2 aromatic carbocycles. The van der Waals surface area contributed by atoms with Crippen molar-refractivity contribution in [1.82, 2.24) is 9.97 Å². The molecule has 0 bridgehead atoms. The van der Waals surface area contributed by atoms with Gasteiger partial charge in [0.1, 0.15) is 5.82 Å². The largest absolute Gasteiger partial charge is 0.398 e. The molecule has 3 aromatic rings. The van der Waals surface area contributed by atoms with Crippen LogP contribution in [0.2, 0.25) is 5.02 Å². The van der Waals surface area contributed by atoms with Crippen molar-refractivity contribution in [3.63, 3.8) is 0 Å². The summed E-state index contributed by atoms with van der Waals surface area (Å²) < 4.78 is 1.00. The number of imidazole rings is 1. The lowest BCUT2D eigenvalue weighted by atomic mass is 10.2. The second kappa shape index (κ2) is 4.30. The Kier molecular flexibility index (Phi) is 2.76. The van der Waals surface area contributed by atoms with Crippen LogP contribution >= 0.6 is 27.5 Å². The average molecular weight is 323 g/mol. The van der Waals surface area contributed by atoms with E-state index in [1.165, 1.54) is 0 Å². The summed E-state index contributed by atoms with van der Waals surface area (Å²) in [6, 6.07) is 11.2. The highest BCUT2D eigenvalue weighted by Gasteiger charge is 2.09. The van der Waals surface area contributed by atoms with E-state index in [1.54, 1.807) is 12.1 Å². The average Bonchev–Trinajstić information content (AvgIpc) is 2.74. The number of benzene rings is 2. The molecule has 3 N–H and O–H groups in total. The van der Waals surface area contributed by atoms with Crippen LogP contribution < -0.4 is 5.73 Å². The number of nitrogens with zero attached hydrogens (tertiary/aromatic N) is 1. The van der Waals surface area contributed by atoms with Crippen molar-refractivity contribution in [2.24, 2.45) is 0 Å². The fourth-order valence-electron chi connectivity index (χ4n) is 1.84. The van der Waals surface area contributed by atoms with Crippen molar-refractivity contribution in [1.29, 1.82) is 0 Å². The van der Waals surface area contributed by atoms with E-state index in [2.05, 4.69) is 25.9 Å². The van der Waals surface area contributed by atoms with E-state index in [0.29, 0.717) is 10.7 Å². The summed E-state index contributed by atoms with van der Waals surface area (Å²) in [5, 5.41) is 0.640. The summed E-state index contributed by atoms with van der Waals surface area (Å²) in [5.41, 5.74) is 9.26. The summed E-state index contributed by atoms with van der Waals surface area (Å²) in [6.07, 6.45) is 0. The first-order valence-corrected chi connectivity index (χ1v) is 6.51. The van der Waals surface area contributed by atoms with Gasteiger partial charge in [0.15, 0.2) is 0 Å². The van der Waals surface area contributed by atoms with Gasteiger partial charge in [-0.25, -0.2) is 4.98 Å². The van der Waals surface area contributed by atoms with E-state index in [1.807, 2.05) is 24.3 Å². The maximum Gasteiger partial charge on any atom is 0.140 e. The molecule has 0 atom stereocenters. The predicted octanol–water partition coefficient (Wildman–Crippen LogP) is 4.23. The zero-order valence-corrected chi connectivity index (χ0v) is 11.6. The number of rotatable bonds is 1. The number of nitrogen functional groups attached to an aromatic ring is 1. The zero-order valence-electron chi connectivity index (χ0n) is 9.24. The normalized spacial score (nSPS) is 11.0. The van der Waals surface area contributed by atoms with Gasteiger partial charge in [0.05, 0.1) is 11.0 Å². The lowest BCUT2D eigenvalue weighted by molar-refractivity contribution is 1.34.